The standard InChI is InChI=1S/C23H29N5O5/c29-15(13-32-19-6-2-4-17-21(19)26-22(31)24-17)11-28-9-7-14(8-10-28)12-33-23-25-16-3-1-5-18(30)20(16)27-23/h1-6,14-15,23,25,27,29-30H,7-13H2,(H2,24,26,31). The van der Waals surface area contributed by atoms with Gasteiger partial charge in [-0.15, -0.1) is 0 Å². The molecule has 10 heteroatoms. The number of imidazole rings is 1. The number of nitrogens with zero attached hydrogens (tertiary/aromatic N) is 1. The summed E-state index contributed by atoms with van der Waals surface area (Å²) in [6, 6.07) is 10.7. The number of ether oxygens (including phenoxy) is 2. The van der Waals surface area contributed by atoms with Crippen LogP contribution in [0.1, 0.15) is 12.8 Å². The lowest BCUT2D eigenvalue weighted by atomic mass is 9.97. The molecule has 3 aromatic rings. The van der Waals surface area contributed by atoms with E-state index in [1.54, 1.807) is 30.3 Å². The molecule has 2 unspecified atom stereocenters. The van der Waals surface area contributed by atoms with E-state index in [0.29, 0.717) is 41.5 Å². The Bertz CT molecular complexity index is 1150. The van der Waals surface area contributed by atoms with Crippen molar-refractivity contribution in [1.29, 1.82) is 0 Å². The Morgan fingerprint density at radius 3 is 2.73 bits per heavy atom. The fourth-order valence-corrected chi connectivity index (χ4v) is 4.46. The molecule has 5 rings (SSSR count). The van der Waals surface area contributed by atoms with Crippen molar-refractivity contribution in [3.8, 4) is 11.5 Å². The number of fused-ring (bicyclic) bond motifs is 2. The number of piperidine rings is 1. The van der Waals surface area contributed by atoms with Crippen molar-refractivity contribution in [3.63, 3.8) is 0 Å². The van der Waals surface area contributed by atoms with Gasteiger partial charge < -0.3 is 45.2 Å². The summed E-state index contributed by atoms with van der Waals surface area (Å²) in [6.45, 7) is 3.09. The number of aromatic nitrogens is 2. The maximum atomic E-state index is 11.5. The molecule has 2 atom stereocenters. The fraction of sp³-hybridized carbons (Fsp3) is 0.435. The molecule has 1 aromatic heterocycles. The first-order valence-corrected chi connectivity index (χ1v) is 11.3. The van der Waals surface area contributed by atoms with Gasteiger partial charge in [0.2, 0.25) is 6.35 Å². The molecule has 0 radical (unpaired) electrons. The molecule has 2 aromatic carbocycles. The number of anilines is 2. The Kier molecular flexibility index (Phi) is 6.12. The van der Waals surface area contributed by atoms with E-state index < -0.39 is 6.10 Å². The summed E-state index contributed by atoms with van der Waals surface area (Å²) in [6.07, 6.45) is 1.01. The first-order valence-electron chi connectivity index (χ1n) is 11.3. The van der Waals surface area contributed by atoms with Gasteiger partial charge in [-0.2, -0.15) is 0 Å². The summed E-state index contributed by atoms with van der Waals surface area (Å²) in [4.78, 5) is 19.2. The van der Waals surface area contributed by atoms with E-state index in [1.165, 1.54) is 0 Å². The van der Waals surface area contributed by atoms with Crippen LogP contribution in [0.15, 0.2) is 41.2 Å². The third kappa shape index (κ3) is 4.92. The predicted molar refractivity (Wildman–Crippen MR) is 125 cm³/mol. The second kappa shape index (κ2) is 9.34. The highest BCUT2D eigenvalue weighted by Gasteiger charge is 2.26. The first-order chi connectivity index (χ1) is 16.0. The van der Waals surface area contributed by atoms with Gasteiger partial charge in [0.25, 0.3) is 0 Å². The predicted octanol–water partition coefficient (Wildman–Crippen LogP) is 1.85. The van der Waals surface area contributed by atoms with Gasteiger partial charge in [0.05, 0.1) is 17.8 Å². The summed E-state index contributed by atoms with van der Waals surface area (Å²) < 4.78 is 11.7. The number of hydrogen-bond acceptors (Lipinski definition) is 8. The number of aliphatic hydroxyl groups excluding tert-OH is 1. The Hall–Kier alpha value is -3.21. The zero-order valence-corrected chi connectivity index (χ0v) is 18.2. The summed E-state index contributed by atoms with van der Waals surface area (Å²) in [5.41, 5.74) is 2.52. The maximum Gasteiger partial charge on any atom is 0.323 e. The number of β-amino-alcohol motifs (C(OH)–C–C–N with tert-alkyl or cyclic N) is 1. The van der Waals surface area contributed by atoms with E-state index in [2.05, 4.69) is 25.5 Å². The van der Waals surface area contributed by atoms with Crippen LogP contribution in [0, 0.1) is 5.92 Å². The first kappa shape index (κ1) is 21.6. The Morgan fingerprint density at radius 1 is 1.09 bits per heavy atom. The molecule has 0 aliphatic carbocycles. The molecular weight excluding hydrogens is 426 g/mol. The zero-order valence-electron chi connectivity index (χ0n) is 18.2. The van der Waals surface area contributed by atoms with E-state index >= 15 is 0 Å². The van der Waals surface area contributed by atoms with Crippen LogP contribution in [0.5, 0.6) is 11.5 Å². The zero-order chi connectivity index (χ0) is 22.8. The van der Waals surface area contributed by atoms with E-state index in [9.17, 15) is 15.0 Å². The molecular formula is C23H29N5O5. The molecule has 0 saturated carbocycles. The van der Waals surface area contributed by atoms with Crippen molar-refractivity contribution in [2.24, 2.45) is 5.92 Å². The lowest BCUT2D eigenvalue weighted by Crippen LogP contribution is -2.42. The molecule has 2 aliphatic heterocycles. The monoisotopic (exact) mass is 455 g/mol. The number of aromatic amines is 2. The minimum atomic E-state index is -0.628. The third-order valence-electron chi connectivity index (χ3n) is 6.22. The molecule has 1 fully saturated rings. The van der Waals surface area contributed by atoms with Gasteiger partial charge in [-0.3, -0.25) is 0 Å². The largest absolute Gasteiger partial charge is 0.506 e. The van der Waals surface area contributed by atoms with Gasteiger partial charge in [-0.1, -0.05) is 12.1 Å². The molecule has 0 amide bonds. The lowest BCUT2D eigenvalue weighted by molar-refractivity contribution is 0.0236. The smallest absolute Gasteiger partial charge is 0.323 e. The molecule has 10 nitrogen and oxygen atoms in total. The number of nitrogens with one attached hydrogen (secondary N) is 4. The minimum Gasteiger partial charge on any atom is -0.506 e. The van der Waals surface area contributed by atoms with E-state index in [0.717, 1.165) is 31.6 Å². The molecule has 0 spiro atoms. The van der Waals surface area contributed by atoms with Crippen LogP contribution < -0.4 is 21.1 Å². The molecule has 1 saturated heterocycles. The van der Waals surface area contributed by atoms with Gasteiger partial charge in [0, 0.05) is 6.54 Å². The number of H-pyrrole nitrogens is 2. The van der Waals surface area contributed by atoms with Gasteiger partial charge in [0.1, 0.15) is 35.4 Å². The number of phenolic OH excluding ortho intramolecular Hbond substituents is 1. The van der Waals surface area contributed by atoms with Crippen LogP contribution in [-0.2, 0) is 4.74 Å². The molecule has 0 bridgehead atoms. The highest BCUT2D eigenvalue weighted by molar-refractivity contribution is 5.81. The minimum absolute atomic E-state index is 0.155. The molecule has 2 aliphatic rings. The number of aromatic hydroxyl groups is 1. The second-order valence-electron chi connectivity index (χ2n) is 8.67. The highest BCUT2D eigenvalue weighted by Crippen LogP contribution is 2.37. The average molecular weight is 456 g/mol. The van der Waals surface area contributed by atoms with E-state index in [-0.39, 0.29) is 24.4 Å². The van der Waals surface area contributed by atoms with Crippen molar-refractivity contribution < 1.29 is 19.7 Å². The number of hydrogen-bond donors (Lipinski definition) is 6. The Balaban J connectivity index is 1.03. The Morgan fingerprint density at radius 2 is 1.91 bits per heavy atom. The quantitative estimate of drug-likeness (QED) is 0.283. The van der Waals surface area contributed by atoms with Gasteiger partial charge >= 0.3 is 5.69 Å². The maximum absolute atomic E-state index is 11.5. The third-order valence-corrected chi connectivity index (χ3v) is 6.22. The molecule has 176 valence electrons. The lowest BCUT2D eigenvalue weighted by Gasteiger charge is -2.33. The average Bonchev–Trinajstić information content (AvgIpc) is 3.40. The summed E-state index contributed by atoms with van der Waals surface area (Å²) in [7, 11) is 0. The van der Waals surface area contributed by atoms with Gasteiger partial charge in [-0.05, 0) is 56.1 Å². The summed E-state index contributed by atoms with van der Waals surface area (Å²) in [5, 5.41) is 26.7. The number of rotatable bonds is 8. The van der Waals surface area contributed by atoms with Gasteiger partial charge in [0.15, 0.2) is 0 Å². The fourth-order valence-electron chi connectivity index (χ4n) is 4.46. The SMILES string of the molecule is O=c1[nH]c2cccc(OCC(O)CN3CCC(COC4Nc5cccc(O)c5N4)CC3)c2[nH]1. The van der Waals surface area contributed by atoms with Crippen LogP contribution in [-0.4, -0.2) is 70.4 Å². The van der Waals surface area contributed by atoms with Crippen LogP contribution >= 0.6 is 0 Å². The van der Waals surface area contributed by atoms with Crippen LogP contribution in [0.2, 0.25) is 0 Å². The highest BCUT2D eigenvalue weighted by atomic mass is 16.5. The summed E-state index contributed by atoms with van der Waals surface area (Å²) >= 11 is 0. The van der Waals surface area contributed by atoms with Crippen molar-refractivity contribution in [1.82, 2.24) is 14.9 Å². The Labute approximate surface area is 190 Å². The topological polar surface area (TPSA) is 135 Å². The molecule has 3 heterocycles. The molecule has 33 heavy (non-hydrogen) atoms. The molecule has 6 N–H and O–H groups in total. The van der Waals surface area contributed by atoms with Gasteiger partial charge in [-0.25, -0.2) is 4.79 Å². The second-order valence-corrected chi connectivity index (χ2v) is 8.67. The van der Waals surface area contributed by atoms with Crippen molar-refractivity contribution in [2.75, 3.05) is 43.5 Å². The number of likely N-dealkylation sites (tertiary alicyclic amines) is 1. The number of aliphatic hydroxyl groups is 1. The van der Waals surface area contributed by atoms with E-state index in [4.69, 9.17) is 9.47 Å². The van der Waals surface area contributed by atoms with Crippen LogP contribution in [0.3, 0.4) is 0 Å². The number of para-hydroxylation sites is 2. The normalized spacial score (nSPS) is 19.7. The number of phenols is 1. The summed E-state index contributed by atoms with van der Waals surface area (Å²) in [5.74, 6) is 1.20. The van der Waals surface area contributed by atoms with Crippen molar-refractivity contribution >= 4 is 22.4 Å². The van der Waals surface area contributed by atoms with Crippen molar-refractivity contribution in [3.05, 3.63) is 46.9 Å². The van der Waals surface area contributed by atoms with Crippen LogP contribution in [0.25, 0.3) is 11.0 Å². The van der Waals surface area contributed by atoms with Crippen molar-refractivity contribution in [2.45, 2.75) is 25.3 Å². The van der Waals surface area contributed by atoms with E-state index in [1.807, 2.05) is 6.07 Å². The van der Waals surface area contributed by atoms with Crippen LogP contribution in [0.4, 0.5) is 11.4 Å². The number of benzene rings is 2.